The lowest BCUT2D eigenvalue weighted by Crippen LogP contribution is -2.36. The second-order valence-corrected chi connectivity index (χ2v) is 16.9. The third-order valence-corrected chi connectivity index (χ3v) is 13.6. The summed E-state index contributed by atoms with van der Waals surface area (Å²) in [6, 6.07) is 79.8. The summed E-state index contributed by atoms with van der Waals surface area (Å²) >= 11 is 0. The fraction of sp³-hybridized carbons (Fsp3) is 0.0164. The van der Waals surface area contributed by atoms with Crippen molar-refractivity contribution in [3.8, 4) is 55.8 Å². The number of pyridine rings is 2. The molecule has 0 N–H and O–H groups in total. The third-order valence-electron chi connectivity index (χ3n) is 13.6. The Morgan fingerprint density at radius 2 is 0.906 bits per heavy atom. The zero-order valence-corrected chi connectivity index (χ0v) is 34.9. The molecule has 0 saturated carbocycles. The number of rotatable bonds is 5. The van der Waals surface area contributed by atoms with Crippen LogP contribution in [0.3, 0.4) is 0 Å². The summed E-state index contributed by atoms with van der Waals surface area (Å²) in [6.07, 6.45) is 5.80. The molecule has 0 unspecified atom stereocenters. The Labute approximate surface area is 372 Å². The van der Waals surface area contributed by atoms with Crippen LogP contribution in [0.2, 0.25) is 0 Å². The maximum atomic E-state index is 5.27. The Bertz CT molecular complexity index is 3550. The van der Waals surface area contributed by atoms with Gasteiger partial charge in [0.25, 0.3) is 0 Å². The summed E-state index contributed by atoms with van der Waals surface area (Å²) in [7, 11) is 0. The van der Waals surface area contributed by atoms with Gasteiger partial charge >= 0.3 is 0 Å². The summed E-state index contributed by atoms with van der Waals surface area (Å²) in [5, 5.41) is 4.83. The Morgan fingerprint density at radius 3 is 1.61 bits per heavy atom. The zero-order chi connectivity index (χ0) is 42.2. The van der Waals surface area contributed by atoms with E-state index in [0.717, 1.165) is 33.6 Å². The molecule has 2 aliphatic rings. The van der Waals surface area contributed by atoms with Crippen LogP contribution in [-0.4, -0.2) is 9.97 Å². The minimum Gasteiger partial charge on any atom is -0.310 e. The molecule has 13 rings (SSSR count). The molecule has 0 saturated heterocycles. The van der Waals surface area contributed by atoms with Crippen molar-refractivity contribution in [1.82, 2.24) is 9.97 Å². The number of aromatic nitrogens is 2. The average molecular weight is 814 g/mol. The Morgan fingerprint density at radius 1 is 0.344 bits per heavy atom. The number of hydrogen-bond acceptors (Lipinski definition) is 3. The first-order valence-electron chi connectivity index (χ1n) is 22.0. The summed E-state index contributed by atoms with van der Waals surface area (Å²) in [5.41, 5.74) is 19.8. The Hall–Kier alpha value is -8.40. The zero-order valence-electron chi connectivity index (χ0n) is 34.9. The van der Waals surface area contributed by atoms with Crippen LogP contribution in [0.1, 0.15) is 22.3 Å². The minimum absolute atomic E-state index is 0.495. The van der Waals surface area contributed by atoms with Gasteiger partial charge in [-0.2, -0.15) is 0 Å². The maximum absolute atomic E-state index is 5.27. The van der Waals surface area contributed by atoms with Crippen molar-refractivity contribution in [3.63, 3.8) is 0 Å². The van der Waals surface area contributed by atoms with Gasteiger partial charge in [-0.3, -0.25) is 9.97 Å². The first-order valence-corrected chi connectivity index (χ1v) is 22.0. The van der Waals surface area contributed by atoms with Crippen molar-refractivity contribution in [1.29, 1.82) is 0 Å². The van der Waals surface area contributed by atoms with Crippen LogP contribution in [-0.2, 0) is 5.41 Å². The highest BCUT2D eigenvalue weighted by Crippen LogP contribution is 2.63. The molecule has 1 aliphatic heterocycles. The van der Waals surface area contributed by atoms with Gasteiger partial charge in [-0.25, -0.2) is 0 Å². The fourth-order valence-electron chi connectivity index (χ4n) is 11.0. The van der Waals surface area contributed by atoms with E-state index in [1.807, 2.05) is 12.4 Å². The van der Waals surface area contributed by atoms with Gasteiger partial charge in [0, 0.05) is 35.4 Å². The van der Waals surface area contributed by atoms with Crippen LogP contribution in [0.5, 0.6) is 0 Å². The summed E-state index contributed by atoms with van der Waals surface area (Å²) in [5.74, 6) is 0. The molecule has 0 fully saturated rings. The van der Waals surface area contributed by atoms with Crippen LogP contribution >= 0.6 is 0 Å². The SMILES string of the molecule is c1ccc(-c2c3ccccc3c(-c3ccc(-c4ccc5c(c4)-c4ccccc4C54c5ccccc5N(c5ccccc5)c5ccccc54)nc3)c3ccc(-c4ccncc4)cc23)cc1. The van der Waals surface area contributed by atoms with Crippen molar-refractivity contribution in [2.45, 2.75) is 5.41 Å². The number of anilines is 3. The van der Waals surface area contributed by atoms with Gasteiger partial charge in [-0.1, -0.05) is 164 Å². The van der Waals surface area contributed by atoms with Crippen LogP contribution < -0.4 is 4.90 Å². The number of fused-ring (bicyclic) bond motifs is 11. The van der Waals surface area contributed by atoms with E-state index in [9.17, 15) is 0 Å². The molecule has 9 aromatic carbocycles. The largest absolute Gasteiger partial charge is 0.310 e. The third kappa shape index (κ3) is 5.28. The summed E-state index contributed by atoms with van der Waals surface area (Å²) < 4.78 is 0. The van der Waals surface area contributed by atoms with E-state index in [0.29, 0.717) is 0 Å². The average Bonchev–Trinajstić information content (AvgIpc) is 3.66. The van der Waals surface area contributed by atoms with Crippen molar-refractivity contribution >= 4 is 38.6 Å². The first kappa shape index (κ1) is 36.3. The number of hydrogen-bond donors (Lipinski definition) is 0. The van der Waals surface area contributed by atoms with Crippen LogP contribution in [0.4, 0.5) is 17.1 Å². The molecule has 3 heteroatoms. The predicted octanol–water partition coefficient (Wildman–Crippen LogP) is 15.6. The molecule has 64 heavy (non-hydrogen) atoms. The molecule has 1 aliphatic carbocycles. The molecule has 3 nitrogen and oxygen atoms in total. The molecule has 0 amide bonds. The van der Waals surface area contributed by atoms with Gasteiger partial charge in [0.1, 0.15) is 0 Å². The van der Waals surface area contributed by atoms with Gasteiger partial charge in [0.2, 0.25) is 0 Å². The molecule has 0 atom stereocenters. The number of benzene rings is 9. The molecule has 1 spiro atoms. The smallest absolute Gasteiger partial charge is 0.0754 e. The van der Waals surface area contributed by atoms with Crippen molar-refractivity contribution < 1.29 is 0 Å². The highest BCUT2D eigenvalue weighted by molar-refractivity contribution is 6.22. The fourth-order valence-corrected chi connectivity index (χ4v) is 11.0. The highest BCUT2D eigenvalue weighted by Gasteiger charge is 2.51. The molecular weight excluding hydrogens is 775 g/mol. The summed E-state index contributed by atoms with van der Waals surface area (Å²) in [6.45, 7) is 0. The molecule has 0 radical (unpaired) electrons. The van der Waals surface area contributed by atoms with E-state index in [-0.39, 0.29) is 0 Å². The number of para-hydroxylation sites is 3. The van der Waals surface area contributed by atoms with Gasteiger partial charge in [0.05, 0.1) is 22.5 Å². The molecule has 0 bridgehead atoms. The lowest BCUT2D eigenvalue weighted by atomic mass is 9.64. The minimum atomic E-state index is -0.495. The van der Waals surface area contributed by atoms with Gasteiger partial charge in [-0.05, 0) is 137 Å². The topological polar surface area (TPSA) is 29.0 Å². The van der Waals surface area contributed by atoms with Crippen LogP contribution in [0.25, 0.3) is 77.3 Å². The lowest BCUT2D eigenvalue weighted by Gasteiger charge is -2.45. The van der Waals surface area contributed by atoms with Crippen molar-refractivity contribution in [2.75, 3.05) is 4.90 Å². The number of nitrogens with zero attached hydrogens (tertiary/aromatic N) is 3. The Balaban J connectivity index is 0.970. The monoisotopic (exact) mass is 813 g/mol. The van der Waals surface area contributed by atoms with E-state index >= 15 is 0 Å². The Kier molecular flexibility index (Phi) is 8.13. The molecule has 298 valence electrons. The van der Waals surface area contributed by atoms with Crippen molar-refractivity contribution in [2.24, 2.45) is 0 Å². The standard InChI is InChI=1S/C61H39N3/c1-3-15-41(16-4-1)59-47-20-7-8-21-48(47)60(49-30-27-42(37-51(49)59)40-33-35-62-36-34-40)44-29-32-56(63-39-44)43-28-31-53-50(38-43)46-19-9-10-22-52(46)61(53)54-23-11-13-25-57(54)64(45-17-5-2-6-18-45)58-26-14-12-24-55(58)61/h1-39H. The van der Waals surface area contributed by atoms with E-state index < -0.39 is 5.41 Å². The van der Waals surface area contributed by atoms with Crippen molar-refractivity contribution in [3.05, 3.63) is 259 Å². The molecule has 3 heterocycles. The second-order valence-electron chi connectivity index (χ2n) is 16.9. The van der Waals surface area contributed by atoms with Gasteiger partial charge in [0.15, 0.2) is 0 Å². The quantitative estimate of drug-likeness (QED) is 0.162. The highest BCUT2D eigenvalue weighted by atomic mass is 15.2. The predicted molar refractivity (Wildman–Crippen MR) is 264 cm³/mol. The normalized spacial score (nSPS) is 13.1. The lowest BCUT2D eigenvalue weighted by molar-refractivity contribution is 0.752. The van der Waals surface area contributed by atoms with E-state index in [2.05, 4.69) is 234 Å². The second kappa shape index (κ2) is 14.3. The molecule has 2 aromatic heterocycles. The first-order chi connectivity index (χ1) is 31.8. The molecular formula is C61H39N3. The van der Waals surface area contributed by atoms with E-state index in [1.54, 1.807) is 0 Å². The maximum Gasteiger partial charge on any atom is 0.0754 e. The van der Waals surface area contributed by atoms with Gasteiger partial charge in [-0.15, -0.1) is 0 Å². The summed E-state index contributed by atoms with van der Waals surface area (Å²) in [4.78, 5) is 12.0. The van der Waals surface area contributed by atoms with E-state index in [4.69, 9.17) is 4.98 Å². The van der Waals surface area contributed by atoms with Crippen LogP contribution in [0.15, 0.2) is 237 Å². The molecule has 11 aromatic rings. The van der Waals surface area contributed by atoms with Gasteiger partial charge < -0.3 is 4.90 Å². The van der Waals surface area contributed by atoms with Crippen LogP contribution in [0, 0.1) is 0 Å². The van der Waals surface area contributed by atoms with E-state index in [1.165, 1.54) is 83.0 Å².